The fourth-order valence-corrected chi connectivity index (χ4v) is 2.08. The molecule has 0 saturated carbocycles. The summed E-state index contributed by atoms with van der Waals surface area (Å²) < 4.78 is 27.3. The van der Waals surface area contributed by atoms with Crippen LogP contribution in [0.3, 0.4) is 0 Å². The molecule has 88 valence electrons. The van der Waals surface area contributed by atoms with Crippen molar-refractivity contribution in [2.45, 2.75) is 6.92 Å². The Morgan fingerprint density at radius 2 is 2.00 bits per heavy atom. The number of rotatable bonds is 5. The van der Waals surface area contributed by atoms with E-state index in [4.69, 9.17) is 5.73 Å². The van der Waals surface area contributed by atoms with E-state index >= 15 is 0 Å². The van der Waals surface area contributed by atoms with Crippen LogP contribution in [0.5, 0.6) is 0 Å². The minimum Gasteiger partial charge on any atom is -0.366 e. The van der Waals surface area contributed by atoms with Gasteiger partial charge in [0.15, 0.2) is 0 Å². The number of carbonyl (C=O) groups excluding carboxylic acids is 1. The third kappa shape index (κ3) is 3.21. The highest BCUT2D eigenvalue weighted by Crippen LogP contribution is 2.15. The van der Waals surface area contributed by atoms with Gasteiger partial charge >= 0.3 is 0 Å². The highest BCUT2D eigenvalue weighted by atomic mass is 32.2. The van der Waals surface area contributed by atoms with Gasteiger partial charge in [0.05, 0.1) is 11.3 Å². The summed E-state index contributed by atoms with van der Waals surface area (Å²) in [6, 6.07) is 6.13. The molecule has 1 aromatic carbocycles. The first-order valence-electron chi connectivity index (χ1n) is 4.62. The summed E-state index contributed by atoms with van der Waals surface area (Å²) >= 11 is 0. The molecule has 4 N–H and O–H groups in total. The lowest BCUT2D eigenvalue weighted by molar-refractivity contribution is 0.100. The smallest absolute Gasteiger partial charge is 0.299 e. The van der Waals surface area contributed by atoms with Gasteiger partial charge in [-0.25, -0.2) is 0 Å². The third-order valence-corrected chi connectivity index (χ3v) is 2.93. The number of nitrogens with two attached hydrogens (primary N) is 1. The lowest BCUT2D eigenvalue weighted by Crippen LogP contribution is -2.30. The van der Waals surface area contributed by atoms with Crippen LogP contribution in [0, 0.1) is 0 Å². The molecule has 0 radical (unpaired) electrons. The predicted octanol–water partition coefficient (Wildman–Crippen LogP) is 0.0517. The average molecular weight is 243 g/mol. The molecule has 1 amide bonds. The number of hydrogen-bond acceptors (Lipinski definition) is 3. The van der Waals surface area contributed by atoms with E-state index < -0.39 is 16.1 Å². The molecule has 0 bridgehead atoms. The standard InChI is InChI=1S/C9H13N3O3S/c1-2-11-16(14,15)12-8-6-4-3-5-7(8)9(10)13/h3-6,11-12H,2H2,1H3,(H2,10,13). The van der Waals surface area contributed by atoms with Gasteiger partial charge < -0.3 is 5.73 Å². The van der Waals surface area contributed by atoms with Gasteiger partial charge in [0.25, 0.3) is 16.1 Å². The Hall–Kier alpha value is -1.60. The molecule has 0 heterocycles. The molecule has 0 saturated heterocycles. The van der Waals surface area contributed by atoms with Gasteiger partial charge in [0.1, 0.15) is 0 Å². The van der Waals surface area contributed by atoms with Gasteiger partial charge in [-0.2, -0.15) is 13.1 Å². The van der Waals surface area contributed by atoms with Gasteiger partial charge in [0.2, 0.25) is 0 Å². The van der Waals surface area contributed by atoms with Gasteiger partial charge in [0, 0.05) is 6.54 Å². The minimum absolute atomic E-state index is 0.129. The maximum atomic E-state index is 11.4. The maximum absolute atomic E-state index is 11.4. The molecule has 0 unspecified atom stereocenters. The molecular formula is C9H13N3O3S. The molecule has 0 aliphatic heterocycles. The van der Waals surface area contributed by atoms with Crippen molar-refractivity contribution in [3.05, 3.63) is 29.8 Å². The van der Waals surface area contributed by atoms with Gasteiger partial charge in [-0.1, -0.05) is 19.1 Å². The second kappa shape index (κ2) is 4.95. The SMILES string of the molecule is CCNS(=O)(=O)Nc1ccccc1C(N)=O. The van der Waals surface area contributed by atoms with E-state index in [0.29, 0.717) is 0 Å². The maximum Gasteiger partial charge on any atom is 0.299 e. The highest BCUT2D eigenvalue weighted by Gasteiger charge is 2.13. The van der Waals surface area contributed by atoms with Crippen molar-refractivity contribution in [1.82, 2.24) is 4.72 Å². The number of anilines is 1. The quantitative estimate of drug-likeness (QED) is 0.681. The van der Waals surface area contributed by atoms with Crippen LogP contribution >= 0.6 is 0 Å². The molecule has 0 aliphatic carbocycles. The lowest BCUT2D eigenvalue weighted by Gasteiger charge is -2.10. The van der Waals surface area contributed by atoms with Crippen LogP contribution in [0.4, 0.5) is 5.69 Å². The number of benzene rings is 1. The minimum atomic E-state index is -3.65. The molecule has 1 rings (SSSR count). The van der Waals surface area contributed by atoms with Crippen molar-refractivity contribution < 1.29 is 13.2 Å². The molecule has 7 heteroatoms. The van der Waals surface area contributed by atoms with Crippen LogP contribution in [0.15, 0.2) is 24.3 Å². The normalized spacial score (nSPS) is 11.1. The third-order valence-electron chi connectivity index (χ3n) is 1.77. The van der Waals surface area contributed by atoms with E-state index in [0.717, 1.165) is 0 Å². The van der Waals surface area contributed by atoms with Crippen LogP contribution in [0.2, 0.25) is 0 Å². The molecule has 0 atom stereocenters. The van der Waals surface area contributed by atoms with E-state index in [1.807, 2.05) is 0 Å². The number of nitrogens with one attached hydrogen (secondary N) is 2. The molecule has 6 nitrogen and oxygen atoms in total. The predicted molar refractivity (Wildman–Crippen MR) is 61.2 cm³/mol. The first-order valence-corrected chi connectivity index (χ1v) is 6.11. The average Bonchev–Trinajstić information content (AvgIpc) is 2.17. The van der Waals surface area contributed by atoms with Crippen molar-refractivity contribution in [1.29, 1.82) is 0 Å². The zero-order chi connectivity index (χ0) is 12.2. The Kier molecular flexibility index (Phi) is 3.86. The number of amides is 1. The second-order valence-electron chi connectivity index (χ2n) is 3.01. The Morgan fingerprint density at radius 3 is 2.56 bits per heavy atom. The van der Waals surface area contributed by atoms with Crippen molar-refractivity contribution >= 4 is 21.8 Å². The zero-order valence-corrected chi connectivity index (χ0v) is 9.54. The molecule has 0 aromatic heterocycles. The van der Waals surface area contributed by atoms with E-state index in [9.17, 15) is 13.2 Å². The molecule has 0 aliphatic rings. The topological polar surface area (TPSA) is 101 Å². The van der Waals surface area contributed by atoms with Crippen molar-refractivity contribution in [2.24, 2.45) is 5.73 Å². The van der Waals surface area contributed by atoms with Crippen molar-refractivity contribution in [3.63, 3.8) is 0 Å². The summed E-state index contributed by atoms with van der Waals surface area (Å²) in [6.45, 7) is 1.91. The first kappa shape index (κ1) is 12.5. The van der Waals surface area contributed by atoms with Crippen LogP contribution in [-0.2, 0) is 10.2 Å². The Morgan fingerprint density at radius 1 is 1.38 bits per heavy atom. The largest absolute Gasteiger partial charge is 0.366 e. The lowest BCUT2D eigenvalue weighted by atomic mass is 10.2. The number of para-hydroxylation sites is 1. The summed E-state index contributed by atoms with van der Waals surface area (Å²) in [4.78, 5) is 11.0. The summed E-state index contributed by atoms with van der Waals surface area (Å²) in [6.07, 6.45) is 0. The summed E-state index contributed by atoms with van der Waals surface area (Å²) in [5.74, 6) is -0.685. The van der Waals surface area contributed by atoms with E-state index in [1.165, 1.54) is 12.1 Å². The van der Waals surface area contributed by atoms with Gasteiger partial charge in [-0.15, -0.1) is 0 Å². The number of carbonyl (C=O) groups is 1. The summed E-state index contributed by atoms with van der Waals surface area (Å²) in [5, 5.41) is 0. The van der Waals surface area contributed by atoms with Crippen LogP contribution in [-0.4, -0.2) is 20.9 Å². The van der Waals surface area contributed by atoms with E-state index in [1.54, 1.807) is 19.1 Å². The zero-order valence-electron chi connectivity index (χ0n) is 8.73. The van der Waals surface area contributed by atoms with Crippen molar-refractivity contribution in [3.8, 4) is 0 Å². The van der Waals surface area contributed by atoms with E-state index in [-0.39, 0.29) is 17.8 Å². The molecule has 16 heavy (non-hydrogen) atoms. The first-order chi connectivity index (χ1) is 7.46. The number of hydrogen-bond donors (Lipinski definition) is 3. The molecule has 0 spiro atoms. The Bertz CT molecular complexity index is 485. The van der Waals surface area contributed by atoms with Crippen LogP contribution in [0.1, 0.15) is 17.3 Å². The monoisotopic (exact) mass is 243 g/mol. The summed E-state index contributed by atoms with van der Waals surface area (Å²) in [5.41, 5.74) is 5.40. The molecular weight excluding hydrogens is 230 g/mol. The second-order valence-corrected chi connectivity index (χ2v) is 4.51. The Labute approximate surface area is 94.0 Å². The Balaban J connectivity index is 3.02. The molecule has 1 aromatic rings. The fourth-order valence-electron chi connectivity index (χ4n) is 1.16. The highest BCUT2D eigenvalue weighted by molar-refractivity contribution is 7.90. The van der Waals surface area contributed by atoms with Gasteiger partial charge in [-0.3, -0.25) is 9.52 Å². The van der Waals surface area contributed by atoms with Crippen molar-refractivity contribution in [2.75, 3.05) is 11.3 Å². The van der Waals surface area contributed by atoms with E-state index in [2.05, 4.69) is 9.44 Å². The summed E-state index contributed by atoms with van der Waals surface area (Å²) in [7, 11) is -3.65. The number of primary amides is 1. The van der Waals surface area contributed by atoms with Crippen LogP contribution < -0.4 is 15.2 Å². The van der Waals surface area contributed by atoms with Gasteiger partial charge in [-0.05, 0) is 12.1 Å². The fraction of sp³-hybridized carbons (Fsp3) is 0.222. The molecule has 0 fully saturated rings. The van der Waals surface area contributed by atoms with Crippen LogP contribution in [0.25, 0.3) is 0 Å².